The first kappa shape index (κ1) is 13.2. The Labute approximate surface area is 75.7 Å². The van der Waals surface area contributed by atoms with Crippen molar-refractivity contribution in [3.05, 3.63) is 0 Å². The molecule has 0 amide bonds. The molecule has 0 aromatic carbocycles. The third-order valence-electron chi connectivity index (χ3n) is 0.805. The molecule has 0 aromatic heterocycles. The quantitative estimate of drug-likeness (QED) is 0.423. The molecule has 0 fully saturated rings. The number of carboxylic acids is 2. The normalized spacial score (nSPS) is 14.4. The number of rotatable bonds is 3. The van der Waals surface area contributed by atoms with Gasteiger partial charge in [-0.15, -0.1) is 0 Å². The molecule has 0 spiro atoms. The molecular formula is C4H6MoO6. The summed E-state index contributed by atoms with van der Waals surface area (Å²) in [6.45, 7) is 0. The molecule has 6 nitrogen and oxygen atoms in total. The first-order chi connectivity index (χ1) is 4.46. The van der Waals surface area contributed by atoms with Gasteiger partial charge in [-0.3, -0.25) is 0 Å². The summed E-state index contributed by atoms with van der Waals surface area (Å²) in [7, 11) is 0. The summed E-state index contributed by atoms with van der Waals surface area (Å²) in [5.41, 5.74) is 0. The van der Waals surface area contributed by atoms with Gasteiger partial charge in [0.2, 0.25) is 0 Å². The minimum atomic E-state index is -2.27. The van der Waals surface area contributed by atoms with E-state index in [0.29, 0.717) is 0 Å². The van der Waals surface area contributed by atoms with Crippen molar-refractivity contribution in [3.8, 4) is 0 Å². The van der Waals surface area contributed by atoms with Gasteiger partial charge in [0.1, 0.15) is 0 Å². The Morgan fingerprint density at radius 3 is 1.18 bits per heavy atom. The maximum absolute atomic E-state index is 9.77. The first-order valence-corrected chi connectivity index (χ1v) is 2.28. The topological polar surface area (TPSA) is 115 Å². The molecule has 7 heteroatoms. The fourth-order valence-electron chi connectivity index (χ4n) is 0.270. The maximum atomic E-state index is 9.77. The van der Waals surface area contributed by atoms with Crippen LogP contribution in [0.25, 0.3) is 0 Å². The smallest absolute Gasteiger partial charge is 0.335 e. The minimum Gasteiger partial charge on any atom is -0.479 e. The van der Waals surface area contributed by atoms with Crippen LogP contribution in [0.2, 0.25) is 0 Å². The van der Waals surface area contributed by atoms with Crippen LogP contribution in [0.3, 0.4) is 0 Å². The van der Waals surface area contributed by atoms with E-state index in [0.717, 1.165) is 0 Å². The Morgan fingerprint density at radius 1 is 0.909 bits per heavy atom. The number of carboxylic acid groups (broad SMARTS) is 2. The zero-order valence-corrected chi connectivity index (χ0v) is 7.18. The van der Waals surface area contributed by atoms with E-state index in [4.69, 9.17) is 20.4 Å². The van der Waals surface area contributed by atoms with Gasteiger partial charge in [0.25, 0.3) is 0 Å². The van der Waals surface area contributed by atoms with Crippen molar-refractivity contribution in [3.63, 3.8) is 0 Å². The van der Waals surface area contributed by atoms with E-state index in [1.165, 1.54) is 0 Å². The predicted molar refractivity (Wildman–Crippen MR) is 27.3 cm³/mol. The molecule has 0 rings (SSSR count). The number of aliphatic hydroxyl groups excluding tert-OH is 2. The van der Waals surface area contributed by atoms with E-state index in [1.54, 1.807) is 0 Å². The van der Waals surface area contributed by atoms with Gasteiger partial charge in [0, 0.05) is 21.1 Å². The predicted octanol–water partition coefficient (Wildman–Crippen LogP) is -2.13. The third kappa shape index (κ3) is 4.08. The minimum absolute atomic E-state index is 0. The molecule has 0 saturated heterocycles. The fourth-order valence-corrected chi connectivity index (χ4v) is 0.270. The number of carbonyl (C=O) groups is 2. The SMILES string of the molecule is O=C(O)C(O)C(O)C(=O)O.[Mo]. The summed E-state index contributed by atoms with van der Waals surface area (Å²) < 4.78 is 0. The largest absolute Gasteiger partial charge is 0.479 e. The second kappa shape index (κ2) is 5.23. The molecular weight excluding hydrogens is 240 g/mol. The van der Waals surface area contributed by atoms with Crippen LogP contribution in [0.5, 0.6) is 0 Å². The van der Waals surface area contributed by atoms with E-state index < -0.39 is 24.1 Å². The van der Waals surface area contributed by atoms with Gasteiger partial charge >= 0.3 is 11.9 Å². The van der Waals surface area contributed by atoms with Gasteiger partial charge in [-0.2, -0.15) is 0 Å². The summed E-state index contributed by atoms with van der Waals surface area (Å²) in [6.07, 6.45) is -4.53. The molecule has 2 atom stereocenters. The van der Waals surface area contributed by atoms with E-state index >= 15 is 0 Å². The van der Waals surface area contributed by atoms with E-state index in [1.807, 2.05) is 0 Å². The standard InChI is InChI=1S/C4H6O6.Mo/c5-1(3(7)8)2(6)4(9)10;/h1-2,5-6H,(H,7,8)(H,9,10);. The van der Waals surface area contributed by atoms with Crippen molar-refractivity contribution in [2.24, 2.45) is 0 Å². The van der Waals surface area contributed by atoms with Crippen molar-refractivity contribution in [1.82, 2.24) is 0 Å². The second-order valence-corrected chi connectivity index (χ2v) is 1.57. The monoisotopic (exact) mass is 248 g/mol. The number of aliphatic hydroxyl groups is 2. The Bertz CT molecular complexity index is 139. The molecule has 0 aromatic rings. The molecule has 4 N–H and O–H groups in total. The second-order valence-electron chi connectivity index (χ2n) is 1.57. The van der Waals surface area contributed by atoms with Crippen LogP contribution in [-0.4, -0.2) is 44.6 Å². The molecule has 0 radical (unpaired) electrons. The number of hydrogen-bond donors (Lipinski definition) is 4. The molecule has 0 bridgehead atoms. The van der Waals surface area contributed by atoms with Crippen molar-refractivity contribution < 1.29 is 51.1 Å². The summed E-state index contributed by atoms with van der Waals surface area (Å²) in [5, 5.41) is 32.5. The Balaban J connectivity index is 0. The number of hydrogen-bond acceptors (Lipinski definition) is 4. The Kier molecular flexibility index (Phi) is 6.26. The van der Waals surface area contributed by atoms with E-state index in [2.05, 4.69) is 0 Å². The third-order valence-corrected chi connectivity index (χ3v) is 0.805. The van der Waals surface area contributed by atoms with Crippen LogP contribution < -0.4 is 0 Å². The van der Waals surface area contributed by atoms with Gasteiger partial charge in [0.15, 0.2) is 12.2 Å². The van der Waals surface area contributed by atoms with Crippen molar-refractivity contribution >= 4 is 11.9 Å². The molecule has 2 unspecified atom stereocenters. The summed E-state index contributed by atoms with van der Waals surface area (Å²) in [5.74, 6) is -3.54. The van der Waals surface area contributed by atoms with Crippen molar-refractivity contribution in [2.45, 2.75) is 12.2 Å². The summed E-state index contributed by atoms with van der Waals surface area (Å²) >= 11 is 0. The fraction of sp³-hybridized carbons (Fsp3) is 0.500. The van der Waals surface area contributed by atoms with E-state index in [-0.39, 0.29) is 21.1 Å². The van der Waals surface area contributed by atoms with Gasteiger partial charge in [-0.25, -0.2) is 9.59 Å². The molecule has 11 heavy (non-hydrogen) atoms. The summed E-state index contributed by atoms with van der Waals surface area (Å²) in [6, 6.07) is 0. The molecule has 0 heterocycles. The van der Waals surface area contributed by atoms with Crippen LogP contribution in [0.15, 0.2) is 0 Å². The first-order valence-electron chi connectivity index (χ1n) is 2.28. The van der Waals surface area contributed by atoms with Crippen LogP contribution in [0.1, 0.15) is 0 Å². The zero-order valence-electron chi connectivity index (χ0n) is 5.17. The molecule has 0 aliphatic rings. The Morgan fingerprint density at radius 2 is 1.09 bits per heavy atom. The van der Waals surface area contributed by atoms with Crippen LogP contribution >= 0.6 is 0 Å². The number of aliphatic carboxylic acids is 2. The van der Waals surface area contributed by atoms with Gasteiger partial charge in [0.05, 0.1) is 0 Å². The average Bonchev–Trinajstić information content (AvgIpc) is 1.84. The average molecular weight is 246 g/mol. The van der Waals surface area contributed by atoms with Gasteiger partial charge in [-0.05, 0) is 0 Å². The summed E-state index contributed by atoms with van der Waals surface area (Å²) in [4.78, 5) is 19.5. The Hall–Kier alpha value is -0.452. The molecule has 0 aliphatic heterocycles. The van der Waals surface area contributed by atoms with Gasteiger partial charge in [-0.1, -0.05) is 0 Å². The molecule has 0 aliphatic carbocycles. The van der Waals surface area contributed by atoms with Crippen molar-refractivity contribution in [2.75, 3.05) is 0 Å². The van der Waals surface area contributed by atoms with Crippen LogP contribution in [0, 0.1) is 0 Å². The van der Waals surface area contributed by atoms with Gasteiger partial charge < -0.3 is 20.4 Å². The molecule has 0 saturated carbocycles. The van der Waals surface area contributed by atoms with Crippen LogP contribution in [0.4, 0.5) is 0 Å². The molecule has 64 valence electrons. The van der Waals surface area contributed by atoms with E-state index in [9.17, 15) is 9.59 Å². The van der Waals surface area contributed by atoms with Crippen LogP contribution in [-0.2, 0) is 30.7 Å². The van der Waals surface area contributed by atoms with Crippen molar-refractivity contribution in [1.29, 1.82) is 0 Å². The maximum Gasteiger partial charge on any atom is 0.335 e. The zero-order chi connectivity index (χ0) is 8.31.